The van der Waals surface area contributed by atoms with Gasteiger partial charge in [0.15, 0.2) is 0 Å². The van der Waals surface area contributed by atoms with Crippen molar-refractivity contribution in [1.29, 1.82) is 0 Å². The van der Waals surface area contributed by atoms with Crippen molar-refractivity contribution in [2.24, 2.45) is 11.8 Å². The lowest BCUT2D eigenvalue weighted by Crippen LogP contribution is -2.30. The molecule has 104 valence electrons. The van der Waals surface area contributed by atoms with Crippen LogP contribution < -0.4 is 4.90 Å². The first-order valence-electron chi connectivity index (χ1n) is 6.77. The van der Waals surface area contributed by atoms with Crippen LogP contribution in [0.3, 0.4) is 0 Å². The number of fused-ring (bicyclic) bond motifs is 1. The van der Waals surface area contributed by atoms with Crippen LogP contribution in [0.15, 0.2) is 35.4 Å². The van der Waals surface area contributed by atoms with Crippen LogP contribution >= 0.6 is 22.6 Å². The maximum Gasteiger partial charge on any atom is 0.238 e. The summed E-state index contributed by atoms with van der Waals surface area (Å²) < 4.78 is 1.09. The predicted octanol–water partition coefficient (Wildman–Crippen LogP) is 3.53. The fourth-order valence-corrected chi connectivity index (χ4v) is 3.46. The maximum absolute atomic E-state index is 12.6. The molecule has 3 nitrogen and oxygen atoms in total. The number of imide groups is 1. The number of carbonyl (C=O) groups excluding carboxylic acids is 2. The number of anilines is 1. The van der Waals surface area contributed by atoms with Crippen molar-refractivity contribution in [1.82, 2.24) is 0 Å². The van der Waals surface area contributed by atoms with Gasteiger partial charge in [-0.1, -0.05) is 11.1 Å². The zero-order valence-electron chi connectivity index (χ0n) is 11.5. The molecule has 4 heteroatoms. The van der Waals surface area contributed by atoms with E-state index in [0.717, 1.165) is 16.4 Å². The van der Waals surface area contributed by atoms with E-state index < -0.39 is 0 Å². The minimum atomic E-state index is -0.162. The molecule has 0 radical (unpaired) electrons. The third-order valence-corrected chi connectivity index (χ3v) is 5.15. The van der Waals surface area contributed by atoms with Crippen LogP contribution in [-0.2, 0) is 9.59 Å². The van der Waals surface area contributed by atoms with Crippen LogP contribution in [0.5, 0.6) is 0 Å². The predicted molar refractivity (Wildman–Crippen MR) is 86.2 cm³/mol. The van der Waals surface area contributed by atoms with Crippen LogP contribution in [-0.4, -0.2) is 11.8 Å². The lowest BCUT2D eigenvalue weighted by atomic mass is 9.78. The molecule has 1 saturated heterocycles. The molecule has 0 saturated carbocycles. The molecule has 2 amide bonds. The second-order valence-electron chi connectivity index (χ2n) is 5.67. The van der Waals surface area contributed by atoms with Crippen molar-refractivity contribution < 1.29 is 9.59 Å². The van der Waals surface area contributed by atoms with Crippen molar-refractivity contribution in [2.45, 2.75) is 26.7 Å². The first-order valence-corrected chi connectivity index (χ1v) is 7.85. The molecule has 0 N–H and O–H groups in total. The molecular formula is C16H16INO2. The standard InChI is InChI=1S/C16H16INO2/c1-9-7-13-14(8-10(9)2)16(20)18(15(13)19)12-5-3-11(17)4-6-12/h3-6,13-14H,7-8H2,1-2H3. The summed E-state index contributed by atoms with van der Waals surface area (Å²) in [4.78, 5) is 26.5. The Hall–Kier alpha value is -1.17. The van der Waals surface area contributed by atoms with Gasteiger partial charge in [-0.25, -0.2) is 0 Å². The second kappa shape index (κ2) is 4.98. The summed E-state index contributed by atoms with van der Waals surface area (Å²) in [6, 6.07) is 7.55. The Kier molecular flexibility index (Phi) is 3.44. The van der Waals surface area contributed by atoms with Gasteiger partial charge in [0.2, 0.25) is 11.8 Å². The molecule has 2 unspecified atom stereocenters. The Morgan fingerprint density at radius 2 is 1.40 bits per heavy atom. The highest BCUT2D eigenvalue weighted by Crippen LogP contribution is 2.42. The van der Waals surface area contributed by atoms with Gasteiger partial charge in [-0.15, -0.1) is 0 Å². The SMILES string of the molecule is CC1=C(C)CC2C(=O)N(c3ccc(I)cc3)C(=O)C2C1. The van der Waals surface area contributed by atoms with Gasteiger partial charge in [0.1, 0.15) is 0 Å². The van der Waals surface area contributed by atoms with Gasteiger partial charge in [0.25, 0.3) is 0 Å². The molecule has 0 aromatic heterocycles. The fraction of sp³-hybridized carbons (Fsp3) is 0.375. The molecular weight excluding hydrogens is 365 g/mol. The van der Waals surface area contributed by atoms with Gasteiger partial charge >= 0.3 is 0 Å². The van der Waals surface area contributed by atoms with E-state index in [1.54, 1.807) is 0 Å². The minimum absolute atomic E-state index is 0.0342. The van der Waals surface area contributed by atoms with Crippen molar-refractivity contribution in [2.75, 3.05) is 4.90 Å². The molecule has 1 aliphatic carbocycles. The Morgan fingerprint density at radius 1 is 0.950 bits per heavy atom. The summed E-state index contributed by atoms with van der Waals surface area (Å²) in [5, 5.41) is 0. The Labute approximate surface area is 132 Å². The normalized spacial score (nSPS) is 26.2. The summed E-state index contributed by atoms with van der Waals surface area (Å²) in [6.45, 7) is 4.13. The average Bonchev–Trinajstić information content (AvgIpc) is 2.65. The van der Waals surface area contributed by atoms with E-state index in [0.29, 0.717) is 5.69 Å². The van der Waals surface area contributed by atoms with Crippen molar-refractivity contribution in [3.05, 3.63) is 39.0 Å². The summed E-state index contributed by atoms with van der Waals surface area (Å²) in [7, 11) is 0. The molecule has 3 rings (SSSR count). The van der Waals surface area contributed by atoms with Gasteiger partial charge in [-0.2, -0.15) is 0 Å². The number of benzene rings is 1. The first-order chi connectivity index (χ1) is 9.49. The number of allylic oxidation sites excluding steroid dienone is 2. The molecule has 2 aliphatic rings. The van der Waals surface area contributed by atoms with Crippen molar-refractivity contribution >= 4 is 40.1 Å². The highest BCUT2D eigenvalue weighted by molar-refractivity contribution is 14.1. The number of hydrogen-bond acceptors (Lipinski definition) is 2. The summed E-state index contributed by atoms with van der Waals surface area (Å²) in [6.07, 6.45) is 1.45. The smallest absolute Gasteiger partial charge is 0.238 e. The first kappa shape index (κ1) is 13.8. The molecule has 1 fully saturated rings. The van der Waals surface area contributed by atoms with E-state index >= 15 is 0 Å². The number of rotatable bonds is 1. The molecule has 1 aromatic carbocycles. The maximum atomic E-state index is 12.6. The molecule has 1 aromatic rings. The van der Waals surface area contributed by atoms with E-state index in [1.807, 2.05) is 24.3 Å². The largest absolute Gasteiger partial charge is 0.274 e. The average molecular weight is 381 g/mol. The number of carbonyl (C=O) groups is 2. The monoisotopic (exact) mass is 381 g/mol. The quantitative estimate of drug-likeness (QED) is 0.424. The van der Waals surface area contributed by atoms with Crippen LogP contribution in [0.4, 0.5) is 5.69 Å². The Bertz CT molecular complexity index is 586. The highest BCUT2D eigenvalue weighted by Gasteiger charge is 2.49. The van der Waals surface area contributed by atoms with Crippen LogP contribution in [0.2, 0.25) is 0 Å². The number of halogens is 1. The topological polar surface area (TPSA) is 37.4 Å². The van der Waals surface area contributed by atoms with Crippen LogP contribution in [0.1, 0.15) is 26.7 Å². The highest BCUT2D eigenvalue weighted by atomic mass is 127. The molecule has 1 aliphatic heterocycles. The van der Waals surface area contributed by atoms with Gasteiger partial charge in [-0.05, 0) is 73.5 Å². The summed E-state index contributed by atoms with van der Waals surface area (Å²) in [5.74, 6) is -0.392. The summed E-state index contributed by atoms with van der Waals surface area (Å²) in [5.41, 5.74) is 3.22. The minimum Gasteiger partial charge on any atom is -0.274 e. The molecule has 20 heavy (non-hydrogen) atoms. The van der Waals surface area contributed by atoms with Crippen LogP contribution in [0, 0.1) is 15.4 Å². The van der Waals surface area contributed by atoms with E-state index in [1.165, 1.54) is 16.0 Å². The van der Waals surface area contributed by atoms with Gasteiger partial charge in [0.05, 0.1) is 17.5 Å². The lowest BCUT2D eigenvalue weighted by Gasteiger charge is -2.23. The van der Waals surface area contributed by atoms with Gasteiger partial charge < -0.3 is 0 Å². The van der Waals surface area contributed by atoms with Crippen molar-refractivity contribution in [3.8, 4) is 0 Å². The molecule has 1 heterocycles. The van der Waals surface area contributed by atoms with Gasteiger partial charge in [-0.3, -0.25) is 14.5 Å². The van der Waals surface area contributed by atoms with Gasteiger partial charge in [0, 0.05) is 3.57 Å². The van der Waals surface area contributed by atoms with Crippen molar-refractivity contribution in [3.63, 3.8) is 0 Å². The molecule has 0 bridgehead atoms. The van der Waals surface area contributed by atoms with Crippen LogP contribution in [0.25, 0.3) is 0 Å². The lowest BCUT2D eigenvalue weighted by molar-refractivity contribution is -0.122. The molecule has 0 spiro atoms. The third-order valence-electron chi connectivity index (χ3n) is 4.43. The Balaban J connectivity index is 1.95. The number of hydrogen-bond donors (Lipinski definition) is 0. The van der Waals surface area contributed by atoms with E-state index in [9.17, 15) is 9.59 Å². The Morgan fingerprint density at radius 3 is 1.85 bits per heavy atom. The third kappa shape index (κ3) is 2.10. The van der Waals surface area contributed by atoms with E-state index in [2.05, 4.69) is 36.4 Å². The van der Waals surface area contributed by atoms with E-state index in [-0.39, 0.29) is 23.7 Å². The molecule has 2 atom stereocenters. The zero-order chi connectivity index (χ0) is 14.4. The van der Waals surface area contributed by atoms with E-state index in [4.69, 9.17) is 0 Å². The zero-order valence-corrected chi connectivity index (χ0v) is 13.7. The number of nitrogens with zero attached hydrogens (tertiary/aromatic N) is 1. The second-order valence-corrected chi connectivity index (χ2v) is 6.92. The summed E-state index contributed by atoms with van der Waals surface area (Å²) >= 11 is 2.21. The number of amides is 2. The fourth-order valence-electron chi connectivity index (χ4n) is 3.10.